The van der Waals surface area contributed by atoms with Gasteiger partial charge in [0.1, 0.15) is 18.0 Å². The molecular formula is C24H20ClF2N3O4. The first-order valence-electron chi connectivity index (χ1n) is 10.5. The number of alkyl halides is 1. The van der Waals surface area contributed by atoms with Gasteiger partial charge in [-0.25, -0.2) is 8.78 Å². The molecule has 1 aliphatic rings. The van der Waals surface area contributed by atoms with Gasteiger partial charge in [-0.05, 0) is 12.1 Å². The van der Waals surface area contributed by atoms with E-state index in [0.29, 0.717) is 10.9 Å². The van der Waals surface area contributed by atoms with Gasteiger partial charge >= 0.3 is 0 Å². The molecule has 2 heterocycles. The standard InChI is InChI=1S/C24H20ClF2N3O4/c1-13(31)29-12-17(16-6-2-3-8-19(16)29)22(32)24(34)30-11-15(26)9-20(30)23(33)28-10-14-5-4-7-18(25)21(14)27/h2-8,12,15,20H,9-11H2,1H3,(H,28,33). The second-order valence-electron chi connectivity index (χ2n) is 8.02. The molecule has 2 aromatic carbocycles. The monoisotopic (exact) mass is 487 g/mol. The molecule has 1 saturated heterocycles. The van der Waals surface area contributed by atoms with E-state index in [1.807, 2.05) is 0 Å². The fourth-order valence-electron chi connectivity index (χ4n) is 4.11. The zero-order valence-electron chi connectivity index (χ0n) is 18.1. The smallest absolute Gasteiger partial charge is 0.295 e. The van der Waals surface area contributed by atoms with Crippen LogP contribution >= 0.6 is 11.6 Å². The summed E-state index contributed by atoms with van der Waals surface area (Å²) in [7, 11) is 0. The summed E-state index contributed by atoms with van der Waals surface area (Å²) in [6, 6.07) is 9.66. The van der Waals surface area contributed by atoms with E-state index in [1.54, 1.807) is 24.3 Å². The Labute approximate surface area is 198 Å². The number of benzene rings is 2. The predicted molar refractivity (Wildman–Crippen MR) is 121 cm³/mol. The number of fused-ring (bicyclic) bond motifs is 1. The maximum atomic E-state index is 14.2. The normalized spacial score (nSPS) is 17.7. The van der Waals surface area contributed by atoms with E-state index in [2.05, 4.69) is 5.32 Å². The van der Waals surface area contributed by atoms with Crippen molar-refractivity contribution in [1.29, 1.82) is 0 Å². The lowest BCUT2D eigenvalue weighted by Crippen LogP contribution is -2.48. The van der Waals surface area contributed by atoms with Crippen molar-refractivity contribution in [3.05, 3.63) is 70.6 Å². The molecule has 0 saturated carbocycles. The number of likely N-dealkylation sites (tertiary alicyclic amines) is 1. The first-order chi connectivity index (χ1) is 16.2. The van der Waals surface area contributed by atoms with Crippen LogP contribution in [0.15, 0.2) is 48.7 Å². The van der Waals surface area contributed by atoms with Crippen molar-refractivity contribution >= 4 is 46.0 Å². The molecule has 34 heavy (non-hydrogen) atoms. The number of amides is 2. The number of hydrogen-bond acceptors (Lipinski definition) is 4. The number of rotatable bonds is 5. The minimum Gasteiger partial charge on any atom is -0.350 e. The van der Waals surface area contributed by atoms with Gasteiger partial charge in [-0.1, -0.05) is 41.9 Å². The third-order valence-corrected chi connectivity index (χ3v) is 6.08. The van der Waals surface area contributed by atoms with Gasteiger partial charge in [0.25, 0.3) is 11.7 Å². The fraction of sp³-hybridized carbons (Fsp3) is 0.250. The number of para-hydroxylation sites is 1. The number of carbonyl (C=O) groups excluding carboxylic acids is 4. The second kappa shape index (κ2) is 9.34. The molecule has 1 N–H and O–H groups in total. The highest BCUT2D eigenvalue weighted by molar-refractivity contribution is 6.45. The van der Waals surface area contributed by atoms with Crippen molar-refractivity contribution in [2.45, 2.75) is 32.1 Å². The van der Waals surface area contributed by atoms with E-state index in [9.17, 15) is 28.0 Å². The number of aromatic nitrogens is 1. The molecule has 4 rings (SSSR count). The first kappa shape index (κ1) is 23.6. The summed E-state index contributed by atoms with van der Waals surface area (Å²) in [4.78, 5) is 51.7. The van der Waals surface area contributed by atoms with Crippen LogP contribution in [0.4, 0.5) is 8.78 Å². The van der Waals surface area contributed by atoms with Crippen LogP contribution in [0.25, 0.3) is 10.9 Å². The van der Waals surface area contributed by atoms with Crippen molar-refractivity contribution in [2.75, 3.05) is 6.54 Å². The molecule has 7 nitrogen and oxygen atoms in total. The molecule has 1 aromatic heterocycles. The number of hydrogen-bond donors (Lipinski definition) is 1. The summed E-state index contributed by atoms with van der Waals surface area (Å²) < 4.78 is 29.6. The number of Topliss-reactive ketones (excluding diaryl/α,β-unsaturated/α-hetero) is 1. The van der Waals surface area contributed by atoms with Crippen molar-refractivity contribution in [1.82, 2.24) is 14.8 Å². The predicted octanol–water partition coefficient (Wildman–Crippen LogP) is 3.53. The minimum atomic E-state index is -1.51. The molecule has 3 aromatic rings. The Balaban J connectivity index is 1.56. The summed E-state index contributed by atoms with van der Waals surface area (Å²) in [5, 5.41) is 2.77. The molecule has 2 unspecified atom stereocenters. The topological polar surface area (TPSA) is 88.5 Å². The molecule has 1 fully saturated rings. The van der Waals surface area contributed by atoms with Crippen LogP contribution in [0.1, 0.15) is 34.1 Å². The van der Waals surface area contributed by atoms with Gasteiger partial charge in [-0.3, -0.25) is 23.7 Å². The van der Waals surface area contributed by atoms with Gasteiger partial charge in [-0.2, -0.15) is 0 Å². The summed E-state index contributed by atoms with van der Waals surface area (Å²) in [6.07, 6.45) is -0.528. The zero-order valence-corrected chi connectivity index (χ0v) is 18.8. The largest absolute Gasteiger partial charge is 0.350 e. The highest BCUT2D eigenvalue weighted by atomic mass is 35.5. The Kier molecular flexibility index (Phi) is 6.47. The molecule has 1 aliphatic heterocycles. The summed E-state index contributed by atoms with van der Waals surface area (Å²) in [5.74, 6) is -3.76. The average molecular weight is 488 g/mol. The Hall–Kier alpha value is -3.59. The first-order valence-corrected chi connectivity index (χ1v) is 10.9. The van der Waals surface area contributed by atoms with Crippen molar-refractivity contribution in [2.24, 2.45) is 0 Å². The summed E-state index contributed by atoms with van der Waals surface area (Å²) >= 11 is 5.75. The van der Waals surface area contributed by atoms with Crippen LogP contribution < -0.4 is 5.32 Å². The Morgan fingerprint density at radius 2 is 1.85 bits per heavy atom. The quantitative estimate of drug-likeness (QED) is 0.440. The van der Waals surface area contributed by atoms with Gasteiger partial charge in [0.15, 0.2) is 0 Å². The van der Waals surface area contributed by atoms with Crippen LogP contribution in [-0.4, -0.2) is 51.7 Å². The van der Waals surface area contributed by atoms with Gasteiger partial charge in [0.2, 0.25) is 11.8 Å². The maximum absolute atomic E-state index is 14.2. The van der Waals surface area contributed by atoms with Gasteiger partial charge in [0.05, 0.1) is 22.6 Å². The van der Waals surface area contributed by atoms with Crippen LogP contribution in [0.2, 0.25) is 5.02 Å². The van der Waals surface area contributed by atoms with E-state index >= 15 is 0 Å². The van der Waals surface area contributed by atoms with Gasteiger partial charge in [0, 0.05) is 37.0 Å². The zero-order chi connectivity index (χ0) is 24.6. The van der Waals surface area contributed by atoms with E-state index in [4.69, 9.17) is 11.6 Å². The van der Waals surface area contributed by atoms with Gasteiger partial charge in [-0.15, -0.1) is 0 Å². The highest BCUT2D eigenvalue weighted by Crippen LogP contribution is 2.26. The Morgan fingerprint density at radius 3 is 2.59 bits per heavy atom. The molecule has 0 spiro atoms. The lowest BCUT2D eigenvalue weighted by atomic mass is 10.1. The van der Waals surface area contributed by atoms with Crippen LogP contribution in [-0.2, 0) is 16.1 Å². The van der Waals surface area contributed by atoms with E-state index in [-0.39, 0.29) is 35.0 Å². The Bertz CT molecular complexity index is 1320. The molecule has 2 amide bonds. The average Bonchev–Trinajstić information content (AvgIpc) is 3.40. The summed E-state index contributed by atoms with van der Waals surface area (Å²) in [6.45, 7) is 0.667. The van der Waals surface area contributed by atoms with Crippen molar-refractivity contribution in [3.63, 3.8) is 0 Å². The summed E-state index contributed by atoms with van der Waals surface area (Å²) in [5.41, 5.74) is 0.564. The lowest BCUT2D eigenvalue weighted by molar-refractivity contribution is -0.135. The third-order valence-electron chi connectivity index (χ3n) is 5.79. The van der Waals surface area contributed by atoms with Crippen molar-refractivity contribution in [3.8, 4) is 0 Å². The number of ketones is 1. The molecular weight excluding hydrogens is 468 g/mol. The van der Waals surface area contributed by atoms with E-state index < -0.39 is 42.2 Å². The number of halogens is 3. The molecule has 10 heteroatoms. The van der Waals surface area contributed by atoms with Gasteiger partial charge < -0.3 is 10.2 Å². The van der Waals surface area contributed by atoms with E-state index in [0.717, 1.165) is 4.90 Å². The minimum absolute atomic E-state index is 0.0155. The number of nitrogens with one attached hydrogen (secondary N) is 1. The fourth-order valence-corrected chi connectivity index (χ4v) is 4.30. The Morgan fingerprint density at radius 1 is 1.12 bits per heavy atom. The number of nitrogens with zero attached hydrogens (tertiary/aromatic N) is 2. The lowest BCUT2D eigenvalue weighted by Gasteiger charge is -2.23. The second-order valence-corrected chi connectivity index (χ2v) is 8.42. The van der Waals surface area contributed by atoms with Crippen LogP contribution in [0, 0.1) is 5.82 Å². The molecule has 2 atom stereocenters. The highest BCUT2D eigenvalue weighted by Gasteiger charge is 2.42. The van der Waals surface area contributed by atoms with Crippen LogP contribution in [0.5, 0.6) is 0 Å². The third kappa shape index (κ3) is 4.31. The SMILES string of the molecule is CC(=O)n1cc(C(=O)C(=O)N2CC(F)CC2C(=O)NCc2cccc(Cl)c2F)c2ccccc21. The molecule has 0 bridgehead atoms. The van der Waals surface area contributed by atoms with Crippen molar-refractivity contribution < 1.29 is 28.0 Å². The van der Waals surface area contributed by atoms with Crippen LogP contribution in [0.3, 0.4) is 0 Å². The molecule has 0 aliphatic carbocycles. The van der Waals surface area contributed by atoms with E-state index in [1.165, 1.54) is 35.9 Å². The molecule has 176 valence electrons. The number of carbonyl (C=O) groups is 4. The molecule has 0 radical (unpaired) electrons. The maximum Gasteiger partial charge on any atom is 0.295 e.